The first-order chi connectivity index (χ1) is 9.01. The largest absolute Gasteiger partial charge is 0.330 e. The zero-order valence-corrected chi connectivity index (χ0v) is 12.6. The summed E-state index contributed by atoms with van der Waals surface area (Å²) in [6.07, 6.45) is 1.20. The third-order valence-electron chi connectivity index (χ3n) is 4.09. The molecule has 1 aromatic heterocycles. The zero-order valence-electron chi connectivity index (χ0n) is 12.6. The van der Waals surface area contributed by atoms with Crippen LogP contribution in [0.1, 0.15) is 49.3 Å². The Labute approximate surface area is 116 Å². The third-order valence-corrected chi connectivity index (χ3v) is 4.09. The molecule has 19 heavy (non-hydrogen) atoms. The normalized spacial score (nSPS) is 22.1. The van der Waals surface area contributed by atoms with Crippen LogP contribution in [0.3, 0.4) is 0 Å². The van der Waals surface area contributed by atoms with Crippen molar-refractivity contribution in [2.45, 2.75) is 39.0 Å². The van der Waals surface area contributed by atoms with Gasteiger partial charge in [0.05, 0.1) is 0 Å². The average molecular weight is 262 g/mol. The summed E-state index contributed by atoms with van der Waals surface area (Å²) in [5.74, 6) is 2.22. The molecule has 0 saturated carbocycles. The molecular weight excluding hydrogens is 236 g/mol. The number of aromatic nitrogens is 2. The fourth-order valence-corrected chi connectivity index (χ4v) is 2.84. The van der Waals surface area contributed by atoms with E-state index in [1.54, 1.807) is 0 Å². The lowest BCUT2D eigenvalue weighted by atomic mass is 9.94. The van der Waals surface area contributed by atoms with Crippen LogP contribution in [0.5, 0.6) is 0 Å². The Bertz CT molecular complexity index is 430. The summed E-state index contributed by atoms with van der Waals surface area (Å²) in [5.41, 5.74) is 8.16. The summed E-state index contributed by atoms with van der Waals surface area (Å²) in [6, 6.07) is 2.14. The molecule has 0 spiro atoms. The van der Waals surface area contributed by atoms with Crippen molar-refractivity contribution in [3.05, 3.63) is 23.3 Å². The molecule has 4 heteroatoms. The van der Waals surface area contributed by atoms with Gasteiger partial charge in [-0.2, -0.15) is 0 Å². The van der Waals surface area contributed by atoms with E-state index in [1.165, 1.54) is 12.1 Å². The predicted molar refractivity (Wildman–Crippen MR) is 78.3 cm³/mol. The number of hydrogen-bond acceptors (Lipinski definition) is 4. The minimum Gasteiger partial charge on any atom is -0.330 e. The van der Waals surface area contributed by atoms with Gasteiger partial charge in [0, 0.05) is 36.3 Å². The maximum absolute atomic E-state index is 5.89. The zero-order chi connectivity index (χ0) is 14.0. The maximum Gasteiger partial charge on any atom is 0.133 e. The number of likely N-dealkylation sites (N-methyl/N-ethyl adjacent to an activating group) is 1. The molecule has 2 atom stereocenters. The molecule has 0 radical (unpaired) electrons. The van der Waals surface area contributed by atoms with Crippen LogP contribution >= 0.6 is 0 Å². The van der Waals surface area contributed by atoms with E-state index in [0.717, 1.165) is 24.6 Å². The Hall–Kier alpha value is -1.00. The van der Waals surface area contributed by atoms with Crippen molar-refractivity contribution in [2.75, 3.05) is 26.7 Å². The molecule has 1 aromatic rings. The Kier molecular flexibility index (Phi) is 4.53. The van der Waals surface area contributed by atoms with Crippen molar-refractivity contribution in [1.29, 1.82) is 0 Å². The fourth-order valence-electron chi connectivity index (χ4n) is 2.84. The van der Waals surface area contributed by atoms with Crippen molar-refractivity contribution in [1.82, 2.24) is 14.9 Å². The first kappa shape index (κ1) is 14.4. The third kappa shape index (κ3) is 3.31. The van der Waals surface area contributed by atoms with Crippen molar-refractivity contribution in [2.24, 2.45) is 11.7 Å². The molecule has 2 heterocycles. The van der Waals surface area contributed by atoms with E-state index in [2.05, 4.69) is 43.8 Å². The van der Waals surface area contributed by atoms with Crippen LogP contribution in [0.2, 0.25) is 0 Å². The SMILES string of the molecule is Cc1cc(C2CCN(C)C2)nc(C(CN)C(C)C)n1. The summed E-state index contributed by atoms with van der Waals surface area (Å²) in [5, 5.41) is 0. The van der Waals surface area contributed by atoms with Crippen LogP contribution in [0.25, 0.3) is 0 Å². The molecule has 0 aromatic carbocycles. The Morgan fingerprint density at radius 3 is 2.68 bits per heavy atom. The standard InChI is InChI=1S/C15H26N4/c1-10(2)13(8-16)15-17-11(3)7-14(18-15)12-5-6-19(4)9-12/h7,10,12-13H,5-6,8-9,16H2,1-4H3. The minimum atomic E-state index is 0.262. The molecule has 4 nitrogen and oxygen atoms in total. The fraction of sp³-hybridized carbons (Fsp3) is 0.733. The molecule has 1 aliphatic rings. The van der Waals surface area contributed by atoms with E-state index in [-0.39, 0.29) is 5.92 Å². The van der Waals surface area contributed by atoms with E-state index in [0.29, 0.717) is 18.4 Å². The summed E-state index contributed by atoms with van der Waals surface area (Å²) < 4.78 is 0. The number of hydrogen-bond donors (Lipinski definition) is 1. The molecule has 0 amide bonds. The van der Waals surface area contributed by atoms with Crippen molar-refractivity contribution < 1.29 is 0 Å². The Morgan fingerprint density at radius 2 is 2.16 bits per heavy atom. The van der Waals surface area contributed by atoms with Gasteiger partial charge < -0.3 is 10.6 Å². The summed E-state index contributed by atoms with van der Waals surface area (Å²) in [7, 11) is 2.17. The van der Waals surface area contributed by atoms with E-state index in [9.17, 15) is 0 Å². The van der Waals surface area contributed by atoms with Crippen molar-refractivity contribution in [3.63, 3.8) is 0 Å². The lowest BCUT2D eigenvalue weighted by molar-refractivity contribution is 0.410. The predicted octanol–water partition coefficient (Wildman–Crippen LogP) is 1.90. The van der Waals surface area contributed by atoms with E-state index in [1.807, 2.05) is 0 Å². The van der Waals surface area contributed by atoms with E-state index < -0.39 is 0 Å². The van der Waals surface area contributed by atoms with Crippen LogP contribution < -0.4 is 5.73 Å². The lowest BCUT2D eigenvalue weighted by Gasteiger charge is -2.20. The maximum atomic E-state index is 5.89. The Morgan fingerprint density at radius 1 is 1.42 bits per heavy atom. The second kappa shape index (κ2) is 5.97. The summed E-state index contributed by atoms with van der Waals surface area (Å²) in [4.78, 5) is 11.8. The molecule has 1 fully saturated rings. The molecular formula is C15H26N4. The summed E-state index contributed by atoms with van der Waals surface area (Å²) >= 11 is 0. The van der Waals surface area contributed by atoms with E-state index in [4.69, 9.17) is 10.7 Å². The molecule has 0 aliphatic carbocycles. The molecule has 1 aliphatic heterocycles. The van der Waals surface area contributed by atoms with Crippen LogP contribution in [0, 0.1) is 12.8 Å². The van der Waals surface area contributed by atoms with Crippen molar-refractivity contribution in [3.8, 4) is 0 Å². The second-order valence-corrected chi connectivity index (χ2v) is 6.13. The van der Waals surface area contributed by atoms with Gasteiger partial charge in [0.1, 0.15) is 5.82 Å². The highest BCUT2D eigenvalue weighted by molar-refractivity contribution is 5.18. The van der Waals surface area contributed by atoms with Gasteiger partial charge in [-0.3, -0.25) is 0 Å². The first-order valence-corrected chi connectivity index (χ1v) is 7.25. The van der Waals surface area contributed by atoms with Crippen LogP contribution in [0.4, 0.5) is 0 Å². The molecule has 106 valence electrons. The second-order valence-electron chi connectivity index (χ2n) is 6.13. The van der Waals surface area contributed by atoms with E-state index >= 15 is 0 Å². The first-order valence-electron chi connectivity index (χ1n) is 7.25. The van der Waals surface area contributed by atoms with Gasteiger partial charge in [-0.05, 0) is 38.9 Å². The quantitative estimate of drug-likeness (QED) is 0.900. The summed E-state index contributed by atoms with van der Waals surface area (Å²) in [6.45, 7) is 9.31. The van der Waals surface area contributed by atoms with Gasteiger partial charge in [-0.25, -0.2) is 9.97 Å². The van der Waals surface area contributed by atoms with Crippen LogP contribution in [0.15, 0.2) is 6.07 Å². The molecule has 2 rings (SSSR count). The lowest BCUT2D eigenvalue weighted by Crippen LogP contribution is -2.22. The number of nitrogens with two attached hydrogens (primary N) is 1. The Balaban J connectivity index is 2.28. The molecule has 1 saturated heterocycles. The van der Waals surface area contributed by atoms with Crippen LogP contribution in [-0.2, 0) is 0 Å². The van der Waals surface area contributed by atoms with Crippen LogP contribution in [-0.4, -0.2) is 41.5 Å². The van der Waals surface area contributed by atoms with Gasteiger partial charge in [-0.1, -0.05) is 13.8 Å². The van der Waals surface area contributed by atoms with Gasteiger partial charge in [0.25, 0.3) is 0 Å². The molecule has 0 bridgehead atoms. The number of nitrogens with zero attached hydrogens (tertiary/aromatic N) is 3. The highest BCUT2D eigenvalue weighted by atomic mass is 15.1. The number of aryl methyl sites for hydroxylation is 1. The smallest absolute Gasteiger partial charge is 0.133 e. The monoisotopic (exact) mass is 262 g/mol. The molecule has 2 N–H and O–H groups in total. The van der Waals surface area contributed by atoms with Gasteiger partial charge >= 0.3 is 0 Å². The minimum absolute atomic E-state index is 0.262. The number of likely N-dealkylation sites (tertiary alicyclic amines) is 1. The highest BCUT2D eigenvalue weighted by Crippen LogP contribution is 2.27. The van der Waals surface area contributed by atoms with Gasteiger partial charge in [0.15, 0.2) is 0 Å². The molecule has 2 unspecified atom stereocenters. The number of rotatable bonds is 4. The highest BCUT2D eigenvalue weighted by Gasteiger charge is 2.25. The van der Waals surface area contributed by atoms with Gasteiger partial charge in [0.2, 0.25) is 0 Å². The van der Waals surface area contributed by atoms with Gasteiger partial charge in [-0.15, -0.1) is 0 Å². The van der Waals surface area contributed by atoms with Crippen molar-refractivity contribution >= 4 is 0 Å². The topological polar surface area (TPSA) is 55.0 Å². The average Bonchev–Trinajstić information content (AvgIpc) is 2.75.